The number of ether oxygens (including phenoxy) is 4. The Morgan fingerprint density at radius 3 is 0.822 bits per heavy atom. The molecule has 0 unspecified atom stereocenters. The Labute approximate surface area is 808 Å². The highest BCUT2D eigenvalue weighted by Crippen LogP contribution is 2.56. The van der Waals surface area contributed by atoms with Crippen molar-refractivity contribution in [3.8, 4) is 67.5 Å². The molecule has 0 fully saturated rings. The van der Waals surface area contributed by atoms with Gasteiger partial charge >= 0.3 is 11.9 Å². The van der Waals surface area contributed by atoms with Crippen LogP contribution in [0, 0.1) is 130 Å². The Kier molecular flexibility index (Phi) is 35.4. The number of aryl methyl sites for hydroxylation is 10. The van der Waals surface area contributed by atoms with Crippen LogP contribution in [-0.2, 0) is 20.3 Å². The second-order valence-electron chi connectivity index (χ2n) is 33.2. The summed E-state index contributed by atoms with van der Waals surface area (Å²) >= 11 is 24.7. The number of fused-ring (bicyclic) bond motifs is 3. The average Bonchev–Trinajstić information content (AvgIpc) is 1.54. The molecule has 135 heavy (non-hydrogen) atoms. The molecule has 0 radical (unpaired) electrons. The van der Waals surface area contributed by atoms with E-state index in [1.54, 1.807) is 24.3 Å². The van der Waals surface area contributed by atoms with E-state index < -0.39 is 87.5 Å². The first-order valence-electron chi connectivity index (χ1n) is 42.7. The van der Waals surface area contributed by atoms with E-state index in [1.807, 2.05) is 125 Å². The third kappa shape index (κ3) is 24.6. The molecule has 1 aliphatic rings. The van der Waals surface area contributed by atoms with E-state index in [4.69, 9.17) is 65.4 Å². The Bertz CT molecular complexity index is 6360. The van der Waals surface area contributed by atoms with Gasteiger partial charge in [-0.15, -0.1) is 0 Å². The van der Waals surface area contributed by atoms with Crippen LogP contribution in [0.4, 0.5) is 35.1 Å². The third-order valence-corrected chi connectivity index (χ3v) is 24.4. The van der Waals surface area contributed by atoms with Crippen molar-refractivity contribution in [3.63, 3.8) is 0 Å². The van der Waals surface area contributed by atoms with Crippen LogP contribution in [0.1, 0.15) is 151 Å². The summed E-state index contributed by atoms with van der Waals surface area (Å²) < 4.78 is 131. The molecule has 0 spiro atoms. The Hall–Kier alpha value is -13.3. The van der Waals surface area contributed by atoms with Gasteiger partial charge in [-0.1, -0.05) is 338 Å². The Balaban J connectivity index is 0.000000185. The van der Waals surface area contributed by atoms with Crippen LogP contribution in [0.2, 0.25) is 20.1 Å². The van der Waals surface area contributed by atoms with Crippen LogP contribution in [0.5, 0.6) is 23.0 Å². The molecular formula is C117H106Cl4F8O6. The van der Waals surface area contributed by atoms with Crippen molar-refractivity contribution >= 4 is 58.3 Å². The molecule has 0 heterocycles. The van der Waals surface area contributed by atoms with Crippen molar-refractivity contribution in [2.75, 3.05) is 6.79 Å². The summed E-state index contributed by atoms with van der Waals surface area (Å²) in [6.45, 7) is 25.8. The zero-order valence-corrected chi connectivity index (χ0v) is 78.7. The molecule has 1 aliphatic carbocycles. The van der Waals surface area contributed by atoms with Crippen molar-refractivity contribution in [1.82, 2.24) is 0 Å². The summed E-state index contributed by atoms with van der Waals surface area (Å²) in [5.41, 5.74) is 20.9. The summed E-state index contributed by atoms with van der Waals surface area (Å²) in [5.74, 6) is -14.0. The van der Waals surface area contributed by atoms with Crippen LogP contribution in [0.25, 0.3) is 44.5 Å². The number of hydrogen-bond acceptors (Lipinski definition) is 6. The lowest BCUT2D eigenvalue weighted by Crippen LogP contribution is -2.28. The van der Waals surface area contributed by atoms with Crippen LogP contribution >= 0.6 is 46.4 Å². The number of carbonyl (C=O) groups is 2. The number of carbonyl (C=O) groups excluding carboxylic acids is 2. The minimum atomic E-state index is -2.16. The van der Waals surface area contributed by atoms with Gasteiger partial charge in [0.2, 0.25) is 6.79 Å². The van der Waals surface area contributed by atoms with E-state index in [0.717, 1.165) is 56.4 Å². The van der Waals surface area contributed by atoms with E-state index >= 15 is 0 Å². The Morgan fingerprint density at radius 1 is 0.296 bits per heavy atom. The number of rotatable bonds is 15. The number of halogens is 12. The third-order valence-electron chi connectivity index (χ3n) is 23.0. The molecule has 0 saturated heterocycles. The fourth-order valence-electron chi connectivity index (χ4n) is 15.0. The number of benzene rings is 16. The maximum Gasteiger partial charge on any atom is 0.340 e. The van der Waals surface area contributed by atoms with Gasteiger partial charge in [0, 0.05) is 49.2 Å². The van der Waals surface area contributed by atoms with Crippen molar-refractivity contribution in [2.24, 2.45) is 0 Å². The zero-order chi connectivity index (χ0) is 95.9. The summed E-state index contributed by atoms with van der Waals surface area (Å²) in [6, 6.07) is 107. The SMILES string of the molecule is C.C.Cc1c(F)c(F)c(-c2c(F)c(F)c(C)c(F)c2F)c(F)c1F.Cc1cc(Cl)c(-c2cc(Cl)c(C)cc2Cl)cc1Cl.Cc1ccc(-c2ccc(C)cc2)cc1.Cc1ccc(C(=O)OCOC(=O)c2ccc(C)cc2)cc1.Cc1ccc(C2(c3ccc(C)cc3)c3ccccc3-c3ccccc32)cc1.Cc1ccc(Oc2ccc(C(C)(C)c3ccc(Oc4ccc(C)cc4)cc3)cc2)cc1.[HH]. The van der Waals surface area contributed by atoms with E-state index in [0.29, 0.717) is 45.1 Å². The molecule has 18 heteroatoms. The van der Waals surface area contributed by atoms with Gasteiger partial charge in [0.15, 0.2) is 46.5 Å². The number of hydrogen-bond donors (Lipinski definition) is 0. The van der Waals surface area contributed by atoms with Crippen molar-refractivity contribution in [2.45, 2.75) is 123 Å². The van der Waals surface area contributed by atoms with Crippen molar-refractivity contribution in [3.05, 3.63) is 493 Å². The second-order valence-corrected chi connectivity index (χ2v) is 34.8. The number of esters is 2. The standard InChI is InChI=1S/C29H28O2.C27H22.C17H16O4.C14H10Cl4.C14H6F8.C14H14.2CH4.H2/c1-21-5-13-25(14-6-21)30-27-17-9-23(10-18-27)29(3,4)24-11-19-28(20-12-24)31-26-15-7-22(2)8-16-26;1-19-11-15-21(16-12-19)27(22-17-13-20(2)14-18-22)25-9-5-3-7-23(25)24-8-4-6-10-26(24)27;1-12-3-7-14(8-4-12)16(18)20-11-21-17(19)15-9-5-13(2)6-10-15;1-7-3-13(17)9(5-11(7)15)10-6-12(16)8(2)4-14(10)18;1-3-7(15)11(19)5(12(20)8(3)16)6-13(21)9(17)4(2)10(18)14(6)22;1-11-3-7-13(8-4-11)14-9-5-12(2)6-10-14;;;/h5-20H,1-4H3;3-18H,1-2H3;3-10H,11H2,1-2H3;3-6H,1-2H3;1-2H3;3-10H,1-2H3;2*1H4;1H. The summed E-state index contributed by atoms with van der Waals surface area (Å²) in [6.07, 6.45) is 0. The predicted molar refractivity (Wildman–Crippen MR) is 538 cm³/mol. The highest BCUT2D eigenvalue weighted by atomic mass is 35.5. The highest BCUT2D eigenvalue weighted by molar-refractivity contribution is 6.39. The monoisotopic (exact) mass is 1900 g/mol. The molecule has 694 valence electrons. The smallest absolute Gasteiger partial charge is 0.340 e. The van der Waals surface area contributed by atoms with Gasteiger partial charge in [0.1, 0.15) is 23.0 Å². The molecule has 0 amide bonds. The van der Waals surface area contributed by atoms with Crippen LogP contribution in [0.3, 0.4) is 0 Å². The summed E-state index contributed by atoms with van der Waals surface area (Å²) in [5, 5.41) is 2.53. The zero-order valence-electron chi connectivity index (χ0n) is 75.7. The maximum atomic E-state index is 13.8. The minimum absolute atomic E-state index is 0. The summed E-state index contributed by atoms with van der Waals surface area (Å²) in [7, 11) is 0. The maximum absolute atomic E-state index is 13.8. The first kappa shape index (κ1) is 104. The van der Waals surface area contributed by atoms with Gasteiger partial charge in [0.25, 0.3) is 0 Å². The van der Waals surface area contributed by atoms with Gasteiger partial charge in [-0.25, -0.2) is 44.7 Å². The Morgan fingerprint density at radius 2 is 0.541 bits per heavy atom. The van der Waals surface area contributed by atoms with Crippen LogP contribution in [-0.4, -0.2) is 18.7 Å². The fraction of sp³-hybridized carbons (Fsp3) is 0.162. The molecule has 16 aromatic rings. The first-order valence-corrected chi connectivity index (χ1v) is 44.2. The van der Waals surface area contributed by atoms with Gasteiger partial charge in [-0.3, -0.25) is 0 Å². The lowest BCUT2D eigenvalue weighted by molar-refractivity contribution is -0.0167. The summed E-state index contributed by atoms with van der Waals surface area (Å²) in [4.78, 5) is 23.4. The van der Waals surface area contributed by atoms with E-state index in [1.165, 1.54) is 89.0 Å². The molecule has 17 rings (SSSR count). The molecule has 0 aliphatic heterocycles. The highest BCUT2D eigenvalue weighted by Gasteiger charge is 2.46. The van der Waals surface area contributed by atoms with Gasteiger partial charge < -0.3 is 18.9 Å². The molecule has 6 nitrogen and oxygen atoms in total. The van der Waals surface area contributed by atoms with Crippen molar-refractivity contribution < 1.29 is 65.1 Å². The van der Waals surface area contributed by atoms with Gasteiger partial charge in [-0.2, -0.15) is 0 Å². The molecular weight excluding hydrogens is 1800 g/mol. The predicted octanol–water partition coefficient (Wildman–Crippen LogP) is 35.3. The lowest BCUT2D eigenvalue weighted by atomic mass is 9.67. The molecule has 0 aromatic heterocycles. The normalized spacial score (nSPS) is 11.2. The molecule has 0 atom stereocenters. The molecule has 0 N–H and O–H groups in total. The fourth-order valence-corrected chi connectivity index (χ4v) is 15.9. The van der Waals surface area contributed by atoms with E-state index in [9.17, 15) is 44.7 Å². The largest absolute Gasteiger partial charge is 0.457 e. The lowest BCUT2D eigenvalue weighted by Gasteiger charge is -2.34. The van der Waals surface area contributed by atoms with Crippen LogP contribution < -0.4 is 9.47 Å². The van der Waals surface area contributed by atoms with E-state index in [2.05, 4.69) is 250 Å². The van der Waals surface area contributed by atoms with E-state index in [-0.39, 0.29) is 27.1 Å². The van der Waals surface area contributed by atoms with Crippen LogP contribution in [0.15, 0.2) is 315 Å². The quantitative estimate of drug-likeness (QED) is 0.0441. The van der Waals surface area contributed by atoms with Gasteiger partial charge in [0.05, 0.1) is 27.7 Å². The topological polar surface area (TPSA) is 71.1 Å². The van der Waals surface area contributed by atoms with Gasteiger partial charge in [-0.05, 0) is 247 Å². The average molecular weight is 1900 g/mol. The molecule has 16 aromatic carbocycles. The molecule has 0 bridgehead atoms. The molecule has 0 saturated carbocycles. The van der Waals surface area contributed by atoms with Crippen molar-refractivity contribution in [1.29, 1.82) is 0 Å². The minimum Gasteiger partial charge on any atom is -0.457 e. The first-order chi connectivity index (χ1) is 63.4. The second kappa shape index (κ2) is 46.1.